The van der Waals surface area contributed by atoms with Crippen molar-refractivity contribution in [3.63, 3.8) is 0 Å². The third kappa shape index (κ3) is 2.90. The van der Waals surface area contributed by atoms with E-state index in [1.54, 1.807) is 25.3 Å². The minimum absolute atomic E-state index is 0.0340. The topological polar surface area (TPSA) is 120 Å². The number of benzene rings is 3. The molecule has 0 saturated heterocycles. The lowest BCUT2D eigenvalue weighted by Gasteiger charge is -2.25. The SMILES string of the molecule is COc1ccc2c(c1)Cc1c(c(OC)cc3c(C(=O)O)c(C(=O)NN)ccc13)O2. The summed E-state index contributed by atoms with van der Waals surface area (Å²) in [6.45, 7) is 0. The first kappa shape index (κ1) is 18.6. The summed E-state index contributed by atoms with van der Waals surface area (Å²) in [5.41, 5.74) is 3.46. The second kappa shape index (κ2) is 6.99. The summed E-state index contributed by atoms with van der Waals surface area (Å²) in [4.78, 5) is 24.1. The molecule has 4 rings (SSSR count). The number of ether oxygens (including phenoxy) is 3. The smallest absolute Gasteiger partial charge is 0.337 e. The highest BCUT2D eigenvalue weighted by molar-refractivity contribution is 6.14. The van der Waals surface area contributed by atoms with Crippen molar-refractivity contribution in [2.75, 3.05) is 14.2 Å². The van der Waals surface area contributed by atoms with E-state index in [0.717, 1.165) is 11.1 Å². The fourth-order valence-corrected chi connectivity index (χ4v) is 3.66. The van der Waals surface area contributed by atoms with Gasteiger partial charge in [-0.1, -0.05) is 6.07 Å². The molecule has 3 aromatic rings. The Labute approximate surface area is 165 Å². The predicted molar refractivity (Wildman–Crippen MR) is 105 cm³/mol. The molecule has 8 nitrogen and oxygen atoms in total. The molecule has 29 heavy (non-hydrogen) atoms. The van der Waals surface area contributed by atoms with E-state index in [1.165, 1.54) is 13.2 Å². The fourth-order valence-electron chi connectivity index (χ4n) is 3.66. The lowest BCUT2D eigenvalue weighted by molar-refractivity contribution is 0.0693. The van der Waals surface area contributed by atoms with Gasteiger partial charge < -0.3 is 19.3 Å². The van der Waals surface area contributed by atoms with Gasteiger partial charge in [-0.15, -0.1) is 0 Å². The molecule has 148 valence electrons. The Hall–Kier alpha value is -3.78. The molecule has 0 aliphatic carbocycles. The fraction of sp³-hybridized carbons (Fsp3) is 0.143. The number of hydrogen-bond acceptors (Lipinski definition) is 6. The molecule has 0 unspecified atom stereocenters. The third-order valence-corrected chi connectivity index (χ3v) is 5.00. The van der Waals surface area contributed by atoms with Crippen molar-refractivity contribution in [1.29, 1.82) is 0 Å². The molecule has 1 heterocycles. The minimum atomic E-state index is -1.24. The zero-order chi connectivity index (χ0) is 20.7. The Bertz CT molecular complexity index is 1170. The Kier molecular flexibility index (Phi) is 4.48. The quantitative estimate of drug-likeness (QED) is 0.276. The first-order valence-corrected chi connectivity index (χ1v) is 8.74. The zero-order valence-corrected chi connectivity index (χ0v) is 15.7. The van der Waals surface area contributed by atoms with Crippen molar-refractivity contribution in [2.45, 2.75) is 6.42 Å². The van der Waals surface area contributed by atoms with Crippen molar-refractivity contribution < 1.29 is 28.9 Å². The largest absolute Gasteiger partial charge is 0.497 e. The van der Waals surface area contributed by atoms with Crippen molar-refractivity contribution >= 4 is 22.6 Å². The molecular formula is C21H18N2O6. The first-order chi connectivity index (χ1) is 14.0. The van der Waals surface area contributed by atoms with Gasteiger partial charge >= 0.3 is 5.97 Å². The number of rotatable bonds is 4. The number of hydrogen-bond donors (Lipinski definition) is 3. The molecule has 8 heteroatoms. The van der Waals surface area contributed by atoms with E-state index in [2.05, 4.69) is 0 Å². The van der Waals surface area contributed by atoms with E-state index in [4.69, 9.17) is 20.1 Å². The Morgan fingerprint density at radius 3 is 2.55 bits per heavy atom. The second-order valence-corrected chi connectivity index (χ2v) is 6.50. The number of fused-ring (bicyclic) bond motifs is 4. The summed E-state index contributed by atoms with van der Waals surface area (Å²) in [6.07, 6.45) is 0.483. The Morgan fingerprint density at radius 1 is 1.10 bits per heavy atom. The number of nitrogens with two attached hydrogens (primary N) is 1. The van der Waals surface area contributed by atoms with Crippen molar-refractivity contribution in [3.05, 3.63) is 58.7 Å². The van der Waals surface area contributed by atoms with E-state index < -0.39 is 11.9 Å². The normalized spacial score (nSPS) is 11.8. The summed E-state index contributed by atoms with van der Waals surface area (Å²) in [7, 11) is 3.06. The average Bonchev–Trinajstić information content (AvgIpc) is 2.75. The molecular weight excluding hydrogens is 376 g/mol. The number of carboxylic acid groups (broad SMARTS) is 1. The van der Waals surface area contributed by atoms with E-state index >= 15 is 0 Å². The van der Waals surface area contributed by atoms with Gasteiger partial charge in [0, 0.05) is 22.9 Å². The number of carbonyl (C=O) groups is 2. The van der Waals surface area contributed by atoms with Crippen LogP contribution >= 0.6 is 0 Å². The predicted octanol–water partition coefficient (Wildman–Crippen LogP) is 2.86. The number of nitrogen functional groups attached to an aromatic ring is 1. The molecule has 0 spiro atoms. The van der Waals surface area contributed by atoms with E-state index in [1.807, 2.05) is 17.6 Å². The number of nitrogens with one attached hydrogen (secondary N) is 1. The summed E-state index contributed by atoms with van der Waals surface area (Å²) < 4.78 is 16.8. The molecule has 3 aromatic carbocycles. The highest BCUT2D eigenvalue weighted by Crippen LogP contribution is 2.47. The average molecular weight is 394 g/mol. The molecule has 4 N–H and O–H groups in total. The van der Waals surface area contributed by atoms with Gasteiger partial charge in [0.25, 0.3) is 5.91 Å². The number of hydrazine groups is 1. The standard InChI is InChI=1S/C21H18N2O6/c1-27-11-3-6-16-10(7-11)8-15-12-4-5-13(20(24)23-22)18(21(25)26)14(12)9-17(28-2)19(15)29-16/h3-7,9H,8,22H2,1-2H3,(H,23,24)(H,25,26). The molecule has 1 amide bonds. The number of methoxy groups -OCH3 is 2. The number of aromatic carboxylic acids is 1. The van der Waals surface area contributed by atoms with E-state index in [9.17, 15) is 14.7 Å². The maximum absolute atomic E-state index is 12.1. The van der Waals surface area contributed by atoms with Crippen LogP contribution in [0.1, 0.15) is 31.8 Å². The van der Waals surface area contributed by atoms with Crippen LogP contribution in [0.5, 0.6) is 23.0 Å². The molecule has 1 aliphatic heterocycles. The second-order valence-electron chi connectivity index (χ2n) is 6.50. The van der Waals surface area contributed by atoms with Crippen LogP contribution in [-0.2, 0) is 6.42 Å². The lowest BCUT2D eigenvalue weighted by atomic mass is 9.90. The number of amides is 1. The van der Waals surface area contributed by atoms with Crippen LogP contribution < -0.4 is 25.5 Å². The van der Waals surface area contributed by atoms with Gasteiger partial charge in [0.1, 0.15) is 11.5 Å². The summed E-state index contributed by atoms with van der Waals surface area (Å²) >= 11 is 0. The molecule has 0 saturated carbocycles. The Balaban J connectivity index is 2.01. The van der Waals surface area contributed by atoms with Gasteiger partial charge in [-0.05, 0) is 35.7 Å². The monoisotopic (exact) mass is 394 g/mol. The maximum atomic E-state index is 12.1. The zero-order valence-electron chi connectivity index (χ0n) is 15.7. The molecule has 1 aliphatic rings. The number of carbonyl (C=O) groups excluding carboxylic acids is 1. The van der Waals surface area contributed by atoms with Crippen LogP contribution in [0.25, 0.3) is 10.8 Å². The molecule has 0 bridgehead atoms. The van der Waals surface area contributed by atoms with Crippen molar-refractivity contribution in [1.82, 2.24) is 5.43 Å². The molecule has 0 fully saturated rings. The van der Waals surface area contributed by atoms with Crippen LogP contribution in [0.15, 0.2) is 36.4 Å². The molecule has 0 aromatic heterocycles. The van der Waals surface area contributed by atoms with Crippen molar-refractivity contribution in [3.8, 4) is 23.0 Å². The van der Waals surface area contributed by atoms with Gasteiger partial charge in [-0.3, -0.25) is 10.2 Å². The van der Waals surface area contributed by atoms with Crippen LogP contribution in [-0.4, -0.2) is 31.2 Å². The summed E-state index contributed by atoms with van der Waals surface area (Å²) in [5.74, 6) is 5.55. The maximum Gasteiger partial charge on any atom is 0.337 e. The Morgan fingerprint density at radius 2 is 1.90 bits per heavy atom. The van der Waals surface area contributed by atoms with Crippen LogP contribution in [0, 0.1) is 0 Å². The van der Waals surface area contributed by atoms with Gasteiger partial charge in [-0.2, -0.15) is 0 Å². The van der Waals surface area contributed by atoms with Crippen molar-refractivity contribution in [2.24, 2.45) is 5.84 Å². The van der Waals surface area contributed by atoms with E-state index in [0.29, 0.717) is 40.2 Å². The highest BCUT2D eigenvalue weighted by Gasteiger charge is 2.27. The third-order valence-electron chi connectivity index (χ3n) is 5.00. The molecule has 0 radical (unpaired) electrons. The highest BCUT2D eigenvalue weighted by atomic mass is 16.5. The van der Waals surface area contributed by atoms with Gasteiger partial charge in [0.15, 0.2) is 11.5 Å². The minimum Gasteiger partial charge on any atom is -0.497 e. The summed E-state index contributed by atoms with van der Waals surface area (Å²) in [5, 5.41) is 10.8. The lowest BCUT2D eigenvalue weighted by Crippen LogP contribution is -2.31. The van der Waals surface area contributed by atoms with Gasteiger partial charge in [-0.25, -0.2) is 10.6 Å². The van der Waals surface area contributed by atoms with Gasteiger partial charge in [0.2, 0.25) is 0 Å². The first-order valence-electron chi connectivity index (χ1n) is 8.74. The van der Waals surface area contributed by atoms with Gasteiger partial charge in [0.05, 0.1) is 25.3 Å². The van der Waals surface area contributed by atoms with Crippen LogP contribution in [0.4, 0.5) is 0 Å². The summed E-state index contributed by atoms with van der Waals surface area (Å²) in [6, 6.07) is 10.2. The van der Waals surface area contributed by atoms with E-state index in [-0.39, 0.29) is 11.1 Å². The van der Waals surface area contributed by atoms with Crippen LogP contribution in [0.2, 0.25) is 0 Å². The molecule has 0 atom stereocenters. The van der Waals surface area contributed by atoms with Crippen LogP contribution in [0.3, 0.4) is 0 Å². The number of carboxylic acids is 1.